The highest BCUT2D eigenvalue weighted by Crippen LogP contribution is 2.15. The SMILES string of the molecule is CC(=O)NCCNc1nc2ccc(C)cc2[nH]1. The lowest BCUT2D eigenvalue weighted by atomic mass is 10.2. The zero-order chi connectivity index (χ0) is 12.3. The molecular weight excluding hydrogens is 216 g/mol. The number of hydrogen-bond acceptors (Lipinski definition) is 3. The summed E-state index contributed by atoms with van der Waals surface area (Å²) in [6.45, 7) is 4.79. The molecule has 0 radical (unpaired) electrons. The standard InChI is InChI=1S/C12H16N4O/c1-8-3-4-10-11(7-8)16-12(15-10)14-6-5-13-9(2)17/h3-4,7H,5-6H2,1-2H3,(H,13,17)(H2,14,15,16). The van der Waals surface area contributed by atoms with Crippen LogP contribution >= 0.6 is 0 Å². The molecule has 1 aromatic heterocycles. The monoisotopic (exact) mass is 232 g/mol. The summed E-state index contributed by atoms with van der Waals surface area (Å²) in [5.74, 6) is 0.711. The molecule has 0 spiro atoms. The summed E-state index contributed by atoms with van der Waals surface area (Å²) in [5, 5.41) is 5.84. The number of hydrogen-bond donors (Lipinski definition) is 3. The first-order valence-corrected chi connectivity index (χ1v) is 5.60. The summed E-state index contributed by atoms with van der Waals surface area (Å²) in [6, 6.07) is 6.08. The Morgan fingerprint density at radius 1 is 1.41 bits per heavy atom. The number of benzene rings is 1. The summed E-state index contributed by atoms with van der Waals surface area (Å²) in [5.41, 5.74) is 3.16. The van der Waals surface area contributed by atoms with E-state index < -0.39 is 0 Å². The number of nitrogens with zero attached hydrogens (tertiary/aromatic N) is 1. The van der Waals surface area contributed by atoms with Crippen LogP contribution in [0.4, 0.5) is 5.95 Å². The molecule has 0 aliphatic carbocycles. The maximum absolute atomic E-state index is 10.7. The Labute approximate surface area is 99.6 Å². The van der Waals surface area contributed by atoms with E-state index in [4.69, 9.17) is 0 Å². The number of anilines is 1. The first-order valence-electron chi connectivity index (χ1n) is 5.60. The number of rotatable bonds is 4. The summed E-state index contributed by atoms with van der Waals surface area (Å²) in [4.78, 5) is 18.3. The van der Waals surface area contributed by atoms with Crippen LogP contribution in [0.2, 0.25) is 0 Å². The lowest BCUT2D eigenvalue weighted by Gasteiger charge is -2.02. The molecule has 2 rings (SSSR count). The zero-order valence-electron chi connectivity index (χ0n) is 10.0. The van der Waals surface area contributed by atoms with Crippen LogP contribution in [-0.2, 0) is 4.79 Å². The number of H-pyrrole nitrogens is 1. The lowest BCUT2D eigenvalue weighted by molar-refractivity contribution is -0.118. The van der Waals surface area contributed by atoms with Gasteiger partial charge in [-0.05, 0) is 24.6 Å². The number of carbonyl (C=O) groups is 1. The number of imidazole rings is 1. The van der Waals surface area contributed by atoms with E-state index in [0.29, 0.717) is 13.1 Å². The minimum absolute atomic E-state index is 0.0213. The van der Waals surface area contributed by atoms with Gasteiger partial charge in [0.2, 0.25) is 11.9 Å². The molecule has 2 aromatic rings. The maximum atomic E-state index is 10.7. The van der Waals surface area contributed by atoms with Crippen LogP contribution in [0.25, 0.3) is 11.0 Å². The Balaban J connectivity index is 1.97. The number of carbonyl (C=O) groups excluding carboxylic acids is 1. The molecular formula is C12H16N4O. The third kappa shape index (κ3) is 2.96. The Hall–Kier alpha value is -2.04. The van der Waals surface area contributed by atoms with Crippen LogP contribution in [0.15, 0.2) is 18.2 Å². The first kappa shape index (κ1) is 11.4. The molecule has 0 saturated carbocycles. The summed E-state index contributed by atoms with van der Waals surface area (Å²) < 4.78 is 0. The van der Waals surface area contributed by atoms with Crippen molar-refractivity contribution in [3.63, 3.8) is 0 Å². The van der Waals surface area contributed by atoms with Gasteiger partial charge >= 0.3 is 0 Å². The maximum Gasteiger partial charge on any atom is 0.216 e. The number of aryl methyl sites for hydroxylation is 1. The van der Waals surface area contributed by atoms with Crippen LogP contribution in [0, 0.1) is 6.92 Å². The molecule has 0 aliphatic rings. The van der Waals surface area contributed by atoms with E-state index >= 15 is 0 Å². The predicted octanol–water partition coefficient (Wildman–Crippen LogP) is 1.42. The van der Waals surface area contributed by atoms with Crippen LogP contribution in [0.3, 0.4) is 0 Å². The van der Waals surface area contributed by atoms with Crippen molar-refractivity contribution >= 4 is 22.9 Å². The number of nitrogens with one attached hydrogen (secondary N) is 3. The third-order valence-corrected chi connectivity index (χ3v) is 2.43. The molecule has 0 bridgehead atoms. The van der Waals surface area contributed by atoms with Crippen molar-refractivity contribution < 1.29 is 4.79 Å². The van der Waals surface area contributed by atoms with Gasteiger partial charge in [-0.25, -0.2) is 4.98 Å². The van der Waals surface area contributed by atoms with E-state index in [-0.39, 0.29) is 5.91 Å². The highest BCUT2D eigenvalue weighted by atomic mass is 16.1. The van der Waals surface area contributed by atoms with Crippen molar-refractivity contribution in [2.45, 2.75) is 13.8 Å². The van der Waals surface area contributed by atoms with Crippen molar-refractivity contribution in [3.8, 4) is 0 Å². The van der Waals surface area contributed by atoms with Crippen LogP contribution < -0.4 is 10.6 Å². The van der Waals surface area contributed by atoms with E-state index in [2.05, 4.69) is 26.7 Å². The van der Waals surface area contributed by atoms with Gasteiger partial charge in [-0.2, -0.15) is 0 Å². The molecule has 1 heterocycles. The number of aromatic nitrogens is 2. The second-order valence-corrected chi connectivity index (χ2v) is 4.02. The molecule has 3 N–H and O–H groups in total. The van der Waals surface area contributed by atoms with E-state index in [9.17, 15) is 4.79 Å². The highest BCUT2D eigenvalue weighted by molar-refractivity contribution is 5.78. The number of aromatic amines is 1. The van der Waals surface area contributed by atoms with Gasteiger partial charge < -0.3 is 15.6 Å². The van der Waals surface area contributed by atoms with E-state index in [1.807, 2.05) is 19.1 Å². The summed E-state index contributed by atoms with van der Waals surface area (Å²) in [6.07, 6.45) is 0. The molecule has 5 heteroatoms. The smallest absolute Gasteiger partial charge is 0.216 e. The quantitative estimate of drug-likeness (QED) is 0.698. The van der Waals surface area contributed by atoms with Gasteiger partial charge in [0, 0.05) is 20.0 Å². The predicted molar refractivity (Wildman–Crippen MR) is 68.0 cm³/mol. The van der Waals surface area contributed by atoms with E-state index in [1.165, 1.54) is 12.5 Å². The van der Waals surface area contributed by atoms with Crippen molar-refractivity contribution in [2.24, 2.45) is 0 Å². The molecule has 0 atom stereocenters. The molecule has 90 valence electrons. The van der Waals surface area contributed by atoms with Crippen molar-refractivity contribution in [2.75, 3.05) is 18.4 Å². The normalized spacial score (nSPS) is 10.5. The highest BCUT2D eigenvalue weighted by Gasteiger charge is 2.01. The van der Waals surface area contributed by atoms with Crippen molar-refractivity contribution in [1.29, 1.82) is 0 Å². The van der Waals surface area contributed by atoms with Crippen LogP contribution in [0.1, 0.15) is 12.5 Å². The van der Waals surface area contributed by atoms with E-state index in [0.717, 1.165) is 17.0 Å². The molecule has 0 aliphatic heterocycles. The molecule has 1 amide bonds. The average molecular weight is 232 g/mol. The molecule has 0 unspecified atom stereocenters. The number of amides is 1. The molecule has 17 heavy (non-hydrogen) atoms. The number of fused-ring (bicyclic) bond motifs is 1. The van der Waals surface area contributed by atoms with Gasteiger partial charge in [0.1, 0.15) is 0 Å². The Kier molecular flexibility index (Phi) is 3.27. The van der Waals surface area contributed by atoms with Gasteiger partial charge in [0.15, 0.2) is 0 Å². The second kappa shape index (κ2) is 4.86. The minimum Gasteiger partial charge on any atom is -0.355 e. The Morgan fingerprint density at radius 3 is 3.00 bits per heavy atom. The lowest BCUT2D eigenvalue weighted by Crippen LogP contribution is -2.26. The molecule has 1 aromatic carbocycles. The van der Waals surface area contributed by atoms with Crippen molar-refractivity contribution in [3.05, 3.63) is 23.8 Å². The molecule has 0 fully saturated rings. The minimum atomic E-state index is -0.0213. The fraction of sp³-hybridized carbons (Fsp3) is 0.333. The average Bonchev–Trinajstić information content (AvgIpc) is 2.66. The fourth-order valence-corrected chi connectivity index (χ4v) is 1.63. The van der Waals surface area contributed by atoms with Crippen molar-refractivity contribution in [1.82, 2.24) is 15.3 Å². The third-order valence-electron chi connectivity index (χ3n) is 2.43. The largest absolute Gasteiger partial charge is 0.355 e. The van der Waals surface area contributed by atoms with Gasteiger partial charge in [0.05, 0.1) is 11.0 Å². The Morgan fingerprint density at radius 2 is 2.24 bits per heavy atom. The van der Waals surface area contributed by atoms with Crippen LogP contribution in [0.5, 0.6) is 0 Å². The van der Waals surface area contributed by atoms with E-state index in [1.54, 1.807) is 0 Å². The van der Waals surface area contributed by atoms with Crippen LogP contribution in [-0.4, -0.2) is 29.0 Å². The zero-order valence-corrected chi connectivity index (χ0v) is 10.0. The molecule has 0 saturated heterocycles. The second-order valence-electron chi connectivity index (χ2n) is 4.02. The molecule has 5 nitrogen and oxygen atoms in total. The fourth-order valence-electron chi connectivity index (χ4n) is 1.63. The summed E-state index contributed by atoms with van der Waals surface area (Å²) >= 11 is 0. The summed E-state index contributed by atoms with van der Waals surface area (Å²) in [7, 11) is 0. The van der Waals surface area contributed by atoms with Gasteiger partial charge in [-0.15, -0.1) is 0 Å². The van der Waals surface area contributed by atoms with Gasteiger partial charge in [0.25, 0.3) is 0 Å². The Bertz CT molecular complexity index is 532. The van der Waals surface area contributed by atoms with Gasteiger partial charge in [-0.1, -0.05) is 6.07 Å². The first-order chi connectivity index (χ1) is 8.15. The van der Waals surface area contributed by atoms with Gasteiger partial charge in [-0.3, -0.25) is 4.79 Å². The topological polar surface area (TPSA) is 69.8 Å².